The van der Waals surface area contributed by atoms with Crippen molar-refractivity contribution in [2.45, 2.75) is 93.9 Å². The second kappa shape index (κ2) is 17.7. The highest BCUT2D eigenvalue weighted by atomic mass is 33.1. The molecular weight excluding hydrogens is 620 g/mol. The number of aromatic hydroxyl groups is 2. The van der Waals surface area contributed by atoms with Gasteiger partial charge in [-0.25, -0.2) is 0 Å². The number of hydrogen-bond acceptors (Lipinski definition) is 12. The summed E-state index contributed by atoms with van der Waals surface area (Å²) in [5.74, 6) is 0.511. The highest BCUT2D eigenvalue weighted by molar-refractivity contribution is 8.76. The van der Waals surface area contributed by atoms with Gasteiger partial charge >= 0.3 is 0 Å². The van der Waals surface area contributed by atoms with Crippen molar-refractivity contribution in [2.75, 3.05) is 33.4 Å². The molecule has 5 unspecified atom stereocenters. The molecule has 1 aliphatic heterocycles. The van der Waals surface area contributed by atoms with Crippen LogP contribution in [0.15, 0.2) is 24.3 Å². The van der Waals surface area contributed by atoms with Crippen LogP contribution in [0, 0.1) is 5.92 Å². The minimum absolute atomic E-state index is 0.0522. The van der Waals surface area contributed by atoms with E-state index >= 15 is 0 Å². The summed E-state index contributed by atoms with van der Waals surface area (Å²) >= 11 is 0. The summed E-state index contributed by atoms with van der Waals surface area (Å²) in [7, 11) is 5.85. The van der Waals surface area contributed by atoms with Gasteiger partial charge in [0.05, 0.1) is 38.6 Å². The Morgan fingerprint density at radius 2 is 1.56 bits per heavy atom. The van der Waals surface area contributed by atoms with E-state index in [1.54, 1.807) is 18.2 Å². The van der Waals surface area contributed by atoms with Crippen LogP contribution >= 0.6 is 21.6 Å². The highest BCUT2D eigenvalue weighted by Crippen LogP contribution is 2.46. The number of ether oxygens (including phenoxy) is 4. The maximum Gasteiger partial charge on any atom is 0.200 e. The average Bonchev–Trinajstić information content (AvgIpc) is 3.04. The Hall–Kier alpha value is -2.06. The third-order valence-electron chi connectivity index (χ3n) is 8.78. The van der Waals surface area contributed by atoms with Gasteiger partial charge in [-0.05, 0) is 98.7 Å². The molecule has 0 spiro atoms. The number of methoxy groups -OCH3 is 2. The molecule has 0 aromatic heterocycles. The SMILES string of the molecule is COc1cc(CC2C(O)CSSC(CCO)c3cc(O)c(OC4CCCCC4)cc3CCC(OCO)CC2O)cc(OC)c1O. The predicted molar refractivity (Wildman–Crippen MR) is 175 cm³/mol. The molecule has 10 nitrogen and oxygen atoms in total. The average molecular weight is 669 g/mol. The molecule has 2 aromatic carbocycles. The Kier molecular flexibility index (Phi) is 14.1. The van der Waals surface area contributed by atoms with Gasteiger partial charge < -0.3 is 49.6 Å². The van der Waals surface area contributed by atoms with Gasteiger partial charge in [-0.3, -0.25) is 0 Å². The Labute approximate surface area is 273 Å². The number of aliphatic hydroxyl groups is 4. The van der Waals surface area contributed by atoms with Crippen LogP contribution < -0.4 is 14.2 Å². The molecule has 45 heavy (non-hydrogen) atoms. The number of phenolic OH excluding ortho intramolecular Hbond substituents is 2. The summed E-state index contributed by atoms with van der Waals surface area (Å²) in [6.45, 7) is -0.572. The summed E-state index contributed by atoms with van der Waals surface area (Å²) < 4.78 is 22.6. The zero-order chi connectivity index (χ0) is 32.3. The molecule has 1 aliphatic carbocycles. The van der Waals surface area contributed by atoms with E-state index in [1.807, 2.05) is 6.07 Å². The lowest BCUT2D eigenvalue weighted by Crippen LogP contribution is -2.38. The van der Waals surface area contributed by atoms with E-state index in [4.69, 9.17) is 18.9 Å². The van der Waals surface area contributed by atoms with Crippen molar-refractivity contribution in [2.24, 2.45) is 5.92 Å². The van der Waals surface area contributed by atoms with Crippen LogP contribution in [-0.4, -0.2) is 88.4 Å². The molecule has 2 aliphatic rings. The fourth-order valence-corrected chi connectivity index (χ4v) is 9.19. The predicted octanol–water partition coefficient (Wildman–Crippen LogP) is 4.88. The van der Waals surface area contributed by atoms with Crippen LogP contribution in [0.1, 0.15) is 73.3 Å². The van der Waals surface area contributed by atoms with Crippen molar-refractivity contribution in [1.82, 2.24) is 0 Å². The highest BCUT2D eigenvalue weighted by Gasteiger charge is 2.32. The zero-order valence-corrected chi connectivity index (χ0v) is 27.7. The molecule has 0 amide bonds. The van der Waals surface area contributed by atoms with Crippen LogP contribution in [0.2, 0.25) is 0 Å². The van der Waals surface area contributed by atoms with E-state index in [1.165, 1.54) is 42.2 Å². The first-order valence-electron chi connectivity index (χ1n) is 15.7. The van der Waals surface area contributed by atoms with Crippen LogP contribution in [0.4, 0.5) is 0 Å². The van der Waals surface area contributed by atoms with Gasteiger partial charge in [0.2, 0.25) is 5.75 Å². The Morgan fingerprint density at radius 1 is 0.844 bits per heavy atom. The lowest BCUT2D eigenvalue weighted by molar-refractivity contribution is -0.0808. The second-order valence-electron chi connectivity index (χ2n) is 11.8. The van der Waals surface area contributed by atoms with Gasteiger partial charge in [-0.15, -0.1) is 0 Å². The third-order valence-corrected chi connectivity index (χ3v) is 11.6. The number of phenols is 2. The first-order valence-corrected chi connectivity index (χ1v) is 18.1. The summed E-state index contributed by atoms with van der Waals surface area (Å²) in [4.78, 5) is 0. The standard InChI is InChI=1S/C33H48O10S2/c1-40-30-13-20(14-31(41-2)33(30)39)12-25-26(36)16-23(42-19-35)9-8-21-15-29(43-22-6-4-3-5-7-22)27(37)17-24(21)32(10-11-34)45-44-18-28(25)38/h13-15,17,22-23,25-26,28,32,34-39H,3-12,16,18-19H2,1-2H3. The van der Waals surface area contributed by atoms with E-state index in [0.717, 1.165) is 36.8 Å². The van der Waals surface area contributed by atoms with E-state index in [2.05, 4.69) is 0 Å². The summed E-state index contributed by atoms with van der Waals surface area (Å²) in [5.41, 5.74) is 2.54. The van der Waals surface area contributed by atoms with E-state index in [0.29, 0.717) is 30.6 Å². The van der Waals surface area contributed by atoms with E-state index in [-0.39, 0.29) is 59.6 Å². The molecule has 12 heteroatoms. The molecule has 0 saturated heterocycles. The molecule has 2 aromatic rings. The molecule has 1 saturated carbocycles. The quantitative estimate of drug-likeness (QED) is 0.151. The summed E-state index contributed by atoms with van der Waals surface area (Å²) in [5, 5.41) is 63.8. The molecule has 1 heterocycles. The smallest absolute Gasteiger partial charge is 0.200 e. The largest absolute Gasteiger partial charge is 0.504 e. The van der Waals surface area contributed by atoms with Crippen molar-refractivity contribution >= 4 is 21.6 Å². The van der Waals surface area contributed by atoms with Crippen LogP contribution in [0.3, 0.4) is 0 Å². The molecule has 0 bridgehead atoms. The van der Waals surface area contributed by atoms with Crippen LogP contribution in [-0.2, 0) is 17.6 Å². The van der Waals surface area contributed by atoms with Gasteiger partial charge in [-0.1, -0.05) is 28.0 Å². The number of hydrogen-bond donors (Lipinski definition) is 6. The molecular formula is C33H48O10S2. The molecule has 5 atom stereocenters. The van der Waals surface area contributed by atoms with Gasteiger partial charge in [0.25, 0.3) is 0 Å². The fraction of sp³-hybridized carbons (Fsp3) is 0.636. The van der Waals surface area contributed by atoms with Crippen molar-refractivity contribution < 1.29 is 49.6 Å². The summed E-state index contributed by atoms with van der Waals surface area (Å²) in [6.07, 6.45) is 4.81. The van der Waals surface area contributed by atoms with Gasteiger partial charge in [-0.2, -0.15) is 0 Å². The number of aryl methyl sites for hydroxylation is 1. The fourth-order valence-electron chi connectivity index (χ4n) is 6.29. The third kappa shape index (κ3) is 9.73. The normalized spacial score (nSPS) is 25.3. The Bertz CT molecular complexity index is 1180. The van der Waals surface area contributed by atoms with Crippen LogP contribution in [0.25, 0.3) is 0 Å². The topological polar surface area (TPSA) is 158 Å². The Morgan fingerprint density at radius 3 is 2.20 bits per heavy atom. The molecule has 1 fully saturated rings. The zero-order valence-electron chi connectivity index (χ0n) is 26.1. The molecule has 4 rings (SSSR count). The number of aliphatic hydroxyl groups excluding tert-OH is 4. The maximum atomic E-state index is 11.5. The molecule has 252 valence electrons. The monoisotopic (exact) mass is 668 g/mol. The van der Waals surface area contributed by atoms with Crippen LogP contribution in [0.5, 0.6) is 28.7 Å². The first kappa shape index (κ1) is 35.8. The minimum Gasteiger partial charge on any atom is -0.504 e. The summed E-state index contributed by atoms with van der Waals surface area (Å²) in [6, 6.07) is 6.96. The number of fused-ring (bicyclic) bond motifs is 1. The van der Waals surface area contributed by atoms with Crippen molar-refractivity contribution in [3.63, 3.8) is 0 Å². The van der Waals surface area contributed by atoms with Crippen molar-refractivity contribution in [3.8, 4) is 28.7 Å². The molecule has 0 radical (unpaired) electrons. The lowest BCUT2D eigenvalue weighted by atomic mass is 9.85. The van der Waals surface area contributed by atoms with E-state index < -0.39 is 31.0 Å². The van der Waals surface area contributed by atoms with Gasteiger partial charge in [0.15, 0.2) is 23.0 Å². The maximum absolute atomic E-state index is 11.5. The molecule has 6 N–H and O–H groups in total. The second-order valence-corrected chi connectivity index (χ2v) is 14.4. The van der Waals surface area contributed by atoms with Gasteiger partial charge in [0.1, 0.15) is 6.79 Å². The number of benzene rings is 2. The van der Waals surface area contributed by atoms with Gasteiger partial charge in [0, 0.05) is 23.5 Å². The minimum atomic E-state index is -0.980. The lowest BCUT2D eigenvalue weighted by Gasteiger charge is -2.30. The number of rotatable bonds is 10. The first-order chi connectivity index (χ1) is 21.8. The van der Waals surface area contributed by atoms with E-state index in [9.17, 15) is 30.6 Å². The Balaban J connectivity index is 1.63. The van der Waals surface area contributed by atoms with Crippen molar-refractivity contribution in [1.29, 1.82) is 0 Å². The van der Waals surface area contributed by atoms with Crippen molar-refractivity contribution in [3.05, 3.63) is 41.0 Å².